The van der Waals surface area contributed by atoms with Crippen LogP contribution in [0.15, 0.2) is 11.6 Å². The second-order valence-electron chi connectivity index (χ2n) is 6.18. The fraction of sp³-hybridized carbons (Fsp3) is 0.429. The number of nitrogens with zero attached hydrogens (tertiary/aromatic N) is 5. The highest BCUT2D eigenvalue weighted by Crippen LogP contribution is 2.29. The summed E-state index contributed by atoms with van der Waals surface area (Å²) in [6, 6.07) is 0. The van der Waals surface area contributed by atoms with Gasteiger partial charge in [-0.05, 0) is 0 Å². The van der Waals surface area contributed by atoms with E-state index in [2.05, 4.69) is 51.1 Å². The van der Waals surface area contributed by atoms with Crippen molar-refractivity contribution in [3.8, 4) is 10.8 Å². The van der Waals surface area contributed by atoms with Gasteiger partial charge in [-0.25, -0.2) is 15.0 Å². The summed E-state index contributed by atoms with van der Waals surface area (Å²) in [7, 11) is 3.82. The number of aromatic nitrogens is 5. The van der Waals surface area contributed by atoms with Gasteiger partial charge in [-0.1, -0.05) is 20.8 Å². The molecule has 0 saturated carbocycles. The SMILES string of the molecule is CN(C)c1ncc2[nH]c(-c3nc(C(C)(C)C)cs3)nc2n1. The zero-order chi connectivity index (χ0) is 15.2. The minimum atomic E-state index is 0.0403. The van der Waals surface area contributed by atoms with Crippen molar-refractivity contribution in [2.75, 3.05) is 19.0 Å². The summed E-state index contributed by atoms with van der Waals surface area (Å²) in [4.78, 5) is 23.0. The average molecular weight is 302 g/mol. The van der Waals surface area contributed by atoms with Crippen LogP contribution in [0.2, 0.25) is 0 Å². The van der Waals surface area contributed by atoms with Gasteiger partial charge >= 0.3 is 0 Å². The van der Waals surface area contributed by atoms with E-state index in [1.165, 1.54) is 0 Å². The van der Waals surface area contributed by atoms with Gasteiger partial charge in [0.2, 0.25) is 5.95 Å². The number of thiazole rings is 1. The number of anilines is 1. The summed E-state index contributed by atoms with van der Waals surface area (Å²) in [5, 5.41) is 2.96. The van der Waals surface area contributed by atoms with E-state index in [0.717, 1.165) is 22.0 Å². The lowest BCUT2D eigenvalue weighted by molar-refractivity contribution is 0.573. The molecule has 0 saturated heterocycles. The molecule has 0 unspecified atom stereocenters. The fourth-order valence-corrected chi connectivity index (χ4v) is 2.83. The number of imidazole rings is 1. The highest BCUT2D eigenvalue weighted by Gasteiger charge is 2.19. The first-order valence-electron chi connectivity index (χ1n) is 6.71. The van der Waals surface area contributed by atoms with E-state index >= 15 is 0 Å². The summed E-state index contributed by atoms with van der Waals surface area (Å²) in [6.45, 7) is 6.46. The minimum absolute atomic E-state index is 0.0403. The largest absolute Gasteiger partial charge is 0.347 e. The Balaban J connectivity index is 2.03. The van der Waals surface area contributed by atoms with Crippen LogP contribution in [0.5, 0.6) is 0 Å². The first-order valence-corrected chi connectivity index (χ1v) is 7.59. The molecule has 0 aliphatic rings. The molecule has 0 fully saturated rings. The second-order valence-corrected chi connectivity index (χ2v) is 7.03. The van der Waals surface area contributed by atoms with Crippen molar-refractivity contribution >= 4 is 28.4 Å². The first kappa shape index (κ1) is 13.9. The van der Waals surface area contributed by atoms with Crippen molar-refractivity contribution in [1.29, 1.82) is 0 Å². The minimum Gasteiger partial charge on any atom is -0.347 e. The van der Waals surface area contributed by atoms with Crippen LogP contribution in [0.25, 0.3) is 22.0 Å². The Morgan fingerprint density at radius 3 is 2.52 bits per heavy atom. The van der Waals surface area contributed by atoms with Gasteiger partial charge in [0.25, 0.3) is 0 Å². The maximum atomic E-state index is 4.67. The number of hydrogen-bond donors (Lipinski definition) is 1. The van der Waals surface area contributed by atoms with Crippen molar-refractivity contribution < 1.29 is 0 Å². The van der Waals surface area contributed by atoms with Crippen molar-refractivity contribution in [1.82, 2.24) is 24.9 Å². The molecule has 1 N–H and O–H groups in total. The monoisotopic (exact) mass is 302 g/mol. The van der Waals surface area contributed by atoms with Crippen molar-refractivity contribution in [3.63, 3.8) is 0 Å². The quantitative estimate of drug-likeness (QED) is 0.788. The number of fused-ring (bicyclic) bond motifs is 1. The van der Waals surface area contributed by atoms with Crippen LogP contribution in [0.3, 0.4) is 0 Å². The van der Waals surface area contributed by atoms with Crippen LogP contribution in [-0.4, -0.2) is 39.0 Å². The maximum absolute atomic E-state index is 4.67. The van der Waals surface area contributed by atoms with E-state index in [9.17, 15) is 0 Å². The third-order valence-corrected chi connectivity index (χ3v) is 3.95. The Morgan fingerprint density at radius 2 is 1.90 bits per heavy atom. The number of nitrogens with one attached hydrogen (secondary N) is 1. The zero-order valence-corrected chi connectivity index (χ0v) is 13.6. The molecule has 0 amide bonds. The van der Waals surface area contributed by atoms with Gasteiger partial charge in [0.15, 0.2) is 16.5 Å². The molecule has 0 spiro atoms. The second kappa shape index (κ2) is 4.77. The van der Waals surface area contributed by atoms with Gasteiger partial charge in [0, 0.05) is 24.9 Å². The summed E-state index contributed by atoms with van der Waals surface area (Å²) in [5.41, 5.74) is 2.60. The molecule has 0 atom stereocenters. The van der Waals surface area contributed by atoms with Gasteiger partial charge < -0.3 is 9.88 Å². The van der Waals surface area contributed by atoms with Crippen LogP contribution in [-0.2, 0) is 5.41 Å². The number of hydrogen-bond acceptors (Lipinski definition) is 6. The Labute approximate surface area is 127 Å². The lowest BCUT2D eigenvalue weighted by Crippen LogP contribution is -2.12. The average Bonchev–Trinajstić information content (AvgIpc) is 3.03. The molecule has 110 valence electrons. The smallest absolute Gasteiger partial charge is 0.226 e. The molecular formula is C14H18N6S. The van der Waals surface area contributed by atoms with Crippen LogP contribution < -0.4 is 4.90 Å². The molecule has 6 nitrogen and oxygen atoms in total. The molecule has 0 aliphatic carbocycles. The third-order valence-electron chi connectivity index (χ3n) is 3.10. The molecule has 0 bridgehead atoms. The van der Waals surface area contributed by atoms with Crippen LogP contribution in [0, 0.1) is 0 Å². The highest BCUT2D eigenvalue weighted by atomic mass is 32.1. The zero-order valence-electron chi connectivity index (χ0n) is 12.8. The van der Waals surface area contributed by atoms with E-state index in [4.69, 9.17) is 0 Å². The predicted molar refractivity (Wildman–Crippen MR) is 85.8 cm³/mol. The Morgan fingerprint density at radius 1 is 1.14 bits per heavy atom. The predicted octanol–water partition coefficient (Wildman–Crippen LogP) is 2.84. The molecule has 3 aromatic heterocycles. The van der Waals surface area contributed by atoms with E-state index in [1.54, 1.807) is 17.5 Å². The van der Waals surface area contributed by atoms with E-state index in [1.807, 2.05) is 19.0 Å². The van der Waals surface area contributed by atoms with Gasteiger partial charge in [-0.2, -0.15) is 4.98 Å². The number of rotatable bonds is 2. The highest BCUT2D eigenvalue weighted by molar-refractivity contribution is 7.13. The van der Waals surface area contributed by atoms with Gasteiger partial charge in [-0.3, -0.25) is 0 Å². The lowest BCUT2D eigenvalue weighted by atomic mass is 9.93. The standard InChI is InChI=1S/C14H18N6S/c1-14(2,3)9-7-21-12(17-9)11-16-8-6-15-13(20(4)5)19-10(8)18-11/h6-7H,1-5H3,(H,15,16,18,19). The van der Waals surface area contributed by atoms with E-state index < -0.39 is 0 Å². The van der Waals surface area contributed by atoms with Crippen molar-refractivity contribution in [3.05, 3.63) is 17.3 Å². The fourth-order valence-electron chi connectivity index (χ4n) is 1.84. The molecule has 0 aromatic carbocycles. The van der Waals surface area contributed by atoms with Gasteiger partial charge in [0.05, 0.1) is 11.9 Å². The van der Waals surface area contributed by atoms with Crippen LogP contribution in [0.4, 0.5) is 5.95 Å². The van der Waals surface area contributed by atoms with E-state index in [0.29, 0.717) is 11.6 Å². The van der Waals surface area contributed by atoms with Gasteiger partial charge in [0.1, 0.15) is 5.52 Å². The van der Waals surface area contributed by atoms with Crippen LogP contribution in [0.1, 0.15) is 26.5 Å². The molecule has 21 heavy (non-hydrogen) atoms. The Bertz CT molecular complexity index is 780. The lowest BCUT2D eigenvalue weighted by Gasteiger charge is -2.13. The molecule has 7 heteroatoms. The number of H-pyrrole nitrogens is 1. The van der Waals surface area contributed by atoms with Gasteiger partial charge in [-0.15, -0.1) is 11.3 Å². The molecule has 0 aliphatic heterocycles. The summed E-state index contributed by atoms with van der Waals surface area (Å²) >= 11 is 1.59. The molecule has 0 radical (unpaired) electrons. The summed E-state index contributed by atoms with van der Waals surface area (Å²) < 4.78 is 0. The maximum Gasteiger partial charge on any atom is 0.226 e. The van der Waals surface area contributed by atoms with Crippen molar-refractivity contribution in [2.24, 2.45) is 0 Å². The van der Waals surface area contributed by atoms with Crippen molar-refractivity contribution in [2.45, 2.75) is 26.2 Å². The Kier molecular flexibility index (Phi) is 3.16. The molecule has 3 aromatic rings. The topological polar surface area (TPSA) is 70.6 Å². The first-order chi connectivity index (χ1) is 9.84. The molecule has 3 heterocycles. The number of aromatic amines is 1. The third kappa shape index (κ3) is 2.61. The summed E-state index contributed by atoms with van der Waals surface area (Å²) in [6.07, 6.45) is 1.76. The van der Waals surface area contributed by atoms with E-state index in [-0.39, 0.29) is 5.41 Å². The normalized spacial score (nSPS) is 12.0. The molecular weight excluding hydrogens is 284 g/mol. The molecule has 3 rings (SSSR count). The van der Waals surface area contributed by atoms with Crippen LogP contribution >= 0.6 is 11.3 Å². The summed E-state index contributed by atoms with van der Waals surface area (Å²) in [5.74, 6) is 1.39. The Hall–Kier alpha value is -2.02.